The first-order valence-electron chi connectivity index (χ1n) is 4.73. The van der Waals surface area contributed by atoms with Crippen molar-refractivity contribution >= 4 is 21.6 Å². The number of hydrogen-bond donors (Lipinski definition) is 2. The molecule has 0 bridgehead atoms. The Morgan fingerprint density at radius 3 is 3.00 bits per heavy atom. The summed E-state index contributed by atoms with van der Waals surface area (Å²) in [6.07, 6.45) is 3.50. The smallest absolute Gasteiger partial charge is 0.0922 e. The Hall–Kier alpha value is -1.29. The zero-order valence-electron chi connectivity index (χ0n) is 8.42. The van der Waals surface area contributed by atoms with E-state index < -0.39 is 0 Å². The van der Waals surface area contributed by atoms with Gasteiger partial charge in [-0.1, -0.05) is 15.9 Å². The molecule has 0 saturated carbocycles. The number of nitrogens with zero attached hydrogens (tertiary/aromatic N) is 1. The maximum atomic E-state index is 3.96. The van der Waals surface area contributed by atoms with Crippen molar-refractivity contribution in [3.8, 4) is 0 Å². The fraction of sp³-hybridized carbons (Fsp3) is 0.182. The minimum absolute atomic E-state index is 0.765. The van der Waals surface area contributed by atoms with Gasteiger partial charge < -0.3 is 10.3 Å². The van der Waals surface area contributed by atoms with Crippen molar-refractivity contribution in [3.05, 3.63) is 46.5 Å². The predicted octanol–water partition coefficient (Wildman–Crippen LogP) is 3.09. The molecule has 3 nitrogen and oxygen atoms in total. The van der Waals surface area contributed by atoms with Gasteiger partial charge in [0.2, 0.25) is 0 Å². The van der Waals surface area contributed by atoms with Crippen molar-refractivity contribution in [1.29, 1.82) is 0 Å². The van der Waals surface area contributed by atoms with Crippen LogP contribution in [0.3, 0.4) is 0 Å². The first kappa shape index (κ1) is 10.2. The van der Waals surface area contributed by atoms with Gasteiger partial charge in [0.15, 0.2) is 0 Å². The van der Waals surface area contributed by atoms with Crippen LogP contribution in [0.15, 0.2) is 35.2 Å². The molecule has 0 atom stereocenters. The molecule has 1 aromatic carbocycles. The van der Waals surface area contributed by atoms with E-state index in [0.717, 1.165) is 22.4 Å². The molecule has 0 saturated heterocycles. The standard InChI is InChI=1S/C11H12BrN3/c1-8-4-9(2-3-11(8)12)14-6-10-5-13-7-15-10/h2-5,7,14H,6H2,1H3,(H,13,15). The number of benzene rings is 1. The topological polar surface area (TPSA) is 40.7 Å². The van der Waals surface area contributed by atoms with Crippen LogP contribution < -0.4 is 5.32 Å². The third-order valence-electron chi connectivity index (χ3n) is 2.20. The lowest BCUT2D eigenvalue weighted by atomic mass is 10.2. The normalized spacial score (nSPS) is 10.3. The summed E-state index contributed by atoms with van der Waals surface area (Å²) in [6.45, 7) is 2.84. The summed E-state index contributed by atoms with van der Waals surface area (Å²) in [7, 11) is 0. The van der Waals surface area contributed by atoms with E-state index in [2.05, 4.69) is 44.2 Å². The summed E-state index contributed by atoms with van der Waals surface area (Å²) in [6, 6.07) is 6.21. The zero-order valence-corrected chi connectivity index (χ0v) is 10.0. The molecule has 1 aromatic heterocycles. The number of halogens is 1. The van der Waals surface area contributed by atoms with Gasteiger partial charge in [-0.2, -0.15) is 0 Å². The van der Waals surface area contributed by atoms with Gasteiger partial charge in [0.25, 0.3) is 0 Å². The summed E-state index contributed by atoms with van der Waals surface area (Å²) in [5, 5.41) is 3.32. The van der Waals surface area contributed by atoms with Crippen LogP contribution in [0.4, 0.5) is 5.69 Å². The highest BCUT2D eigenvalue weighted by molar-refractivity contribution is 9.10. The van der Waals surface area contributed by atoms with E-state index in [4.69, 9.17) is 0 Å². The quantitative estimate of drug-likeness (QED) is 0.896. The molecule has 0 radical (unpaired) electrons. The molecule has 2 rings (SSSR count). The van der Waals surface area contributed by atoms with Gasteiger partial charge in [-0.15, -0.1) is 0 Å². The van der Waals surface area contributed by atoms with Gasteiger partial charge >= 0.3 is 0 Å². The van der Waals surface area contributed by atoms with Crippen LogP contribution in [0.25, 0.3) is 0 Å². The van der Waals surface area contributed by atoms with Crippen molar-refractivity contribution in [2.45, 2.75) is 13.5 Å². The van der Waals surface area contributed by atoms with E-state index >= 15 is 0 Å². The lowest BCUT2D eigenvalue weighted by molar-refractivity contribution is 1.07. The monoisotopic (exact) mass is 265 g/mol. The highest BCUT2D eigenvalue weighted by atomic mass is 79.9. The molecule has 4 heteroatoms. The van der Waals surface area contributed by atoms with Gasteiger partial charge in [-0.3, -0.25) is 0 Å². The summed E-state index contributed by atoms with van der Waals surface area (Å²) in [4.78, 5) is 7.01. The van der Waals surface area contributed by atoms with Crippen molar-refractivity contribution in [2.75, 3.05) is 5.32 Å². The predicted molar refractivity (Wildman–Crippen MR) is 64.8 cm³/mol. The fourth-order valence-corrected chi connectivity index (χ4v) is 1.58. The molecule has 0 aliphatic rings. The summed E-state index contributed by atoms with van der Waals surface area (Å²) in [5.74, 6) is 0. The molecule has 78 valence electrons. The molecular weight excluding hydrogens is 254 g/mol. The van der Waals surface area contributed by atoms with Gasteiger partial charge in [0.1, 0.15) is 0 Å². The summed E-state index contributed by atoms with van der Waals surface area (Å²) < 4.78 is 1.13. The third-order valence-corrected chi connectivity index (χ3v) is 3.09. The molecule has 0 aliphatic heterocycles. The Morgan fingerprint density at radius 2 is 2.33 bits per heavy atom. The molecule has 2 aromatic rings. The van der Waals surface area contributed by atoms with Crippen LogP contribution in [-0.4, -0.2) is 9.97 Å². The molecule has 2 N–H and O–H groups in total. The van der Waals surface area contributed by atoms with E-state index in [1.807, 2.05) is 18.3 Å². The fourth-order valence-electron chi connectivity index (χ4n) is 1.33. The minimum atomic E-state index is 0.765. The van der Waals surface area contributed by atoms with Crippen molar-refractivity contribution < 1.29 is 0 Å². The molecule has 0 unspecified atom stereocenters. The number of aryl methyl sites for hydroxylation is 1. The van der Waals surface area contributed by atoms with Crippen LogP contribution >= 0.6 is 15.9 Å². The molecule has 15 heavy (non-hydrogen) atoms. The van der Waals surface area contributed by atoms with Gasteiger partial charge in [0.05, 0.1) is 18.6 Å². The second-order valence-corrected chi connectivity index (χ2v) is 4.25. The van der Waals surface area contributed by atoms with Crippen LogP contribution in [0.5, 0.6) is 0 Å². The summed E-state index contributed by atoms with van der Waals surface area (Å²) in [5.41, 5.74) is 3.42. The molecule has 1 heterocycles. The van der Waals surface area contributed by atoms with E-state index in [0.29, 0.717) is 0 Å². The molecule has 0 fully saturated rings. The maximum Gasteiger partial charge on any atom is 0.0922 e. The molecule has 0 aliphatic carbocycles. The Kier molecular flexibility index (Phi) is 3.06. The van der Waals surface area contributed by atoms with E-state index in [1.54, 1.807) is 6.33 Å². The van der Waals surface area contributed by atoms with Crippen LogP contribution in [0.1, 0.15) is 11.3 Å². The van der Waals surface area contributed by atoms with E-state index in [1.165, 1.54) is 5.56 Å². The number of aromatic nitrogens is 2. The Morgan fingerprint density at radius 1 is 1.47 bits per heavy atom. The molecule has 0 amide bonds. The highest BCUT2D eigenvalue weighted by Crippen LogP contribution is 2.20. The molecule has 0 spiro atoms. The average Bonchev–Trinajstić information content (AvgIpc) is 2.73. The van der Waals surface area contributed by atoms with Gasteiger partial charge in [-0.05, 0) is 30.7 Å². The van der Waals surface area contributed by atoms with Gasteiger partial charge in [0, 0.05) is 16.4 Å². The first-order valence-corrected chi connectivity index (χ1v) is 5.52. The van der Waals surface area contributed by atoms with Crippen molar-refractivity contribution in [2.24, 2.45) is 0 Å². The van der Waals surface area contributed by atoms with Crippen LogP contribution in [-0.2, 0) is 6.54 Å². The Balaban J connectivity index is 2.02. The number of imidazole rings is 1. The second-order valence-electron chi connectivity index (χ2n) is 3.39. The van der Waals surface area contributed by atoms with Gasteiger partial charge in [-0.25, -0.2) is 4.98 Å². The van der Waals surface area contributed by atoms with E-state index in [-0.39, 0.29) is 0 Å². The largest absolute Gasteiger partial charge is 0.379 e. The third kappa shape index (κ3) is 2.59. The highest BCUT2D eigenvalue weighted by Gasteiger charge is 1.97. The summed E-state index contributed by atoms with van der Waals surface area (Å²) >= 11 is 3.48. The Bertz CT molecular complexity index is 437. The van der Waals surface area contributed by atoms with Crippen LogP contribution in [0.2, 0.25) is 0 Å². The number of nitrogens with one attached hydrogen (secondary N) is 2. The average molecular weight is 266 g/mol. The number of anilines is 1. The van der Waals surface area contributed by atoms with E-state index in [9.17, 15) is 0 Å². The minimum Gasteiger partial charge on any atom is -0.379 e. The second kappa shape index (κ2) is 4.49. The number of aromatic amines is 1. The lowest BCUT2D eigenvalue weighted by Crippen LogP contribution is -1.99. The van der Waals surface area contributed by atoms with Crippen molar-refractivity contribution in [3.63, 3.8) is 0 Å². The lowest BCUT2D eigenvalue weighted by Gasteiger charge is -2.06. The maximum absolute atomic E-state index is 3.96. The van der Waals surface area contributed by atoms with Crippen LogP contribution in [0, 0.1) is 6.92 Å². The number of hydrogen-bond acceptors (Lipinski definition) is 2. The SMILES string of the molecule is Cc1cc(NCc2cnc[nH]2)ccc1Br. The van der Waals surface area contributed by atoms with Crippen molar-refractivity contribution in [1.82, 2.24) is 9.97 Å². The first-order chi connectivity index (χ1) is 7.25. The Labute approximate surface area is 97.1 Å². The number of rotatable bonds is 3. The number of H-pyrrole nitrogens is 1. The molecular formula is C11H12BrN3. The zero-order chi connectivity index (χ0) is 10.7.